The molecule has 2 unspecified atom stereocenters. The third-order valence-electron chi connectivity index (χ3n) is 2.69. The highest BCUT2D eigenvalue weighted by Gasteiger charge is 2.60. The van der Waals surface area contributed by atoms with Gasteiger partial charge in [0.15, 0.2) is 0 Å². The topological polar surface area (TPSA) is 37.3 Å². The highest BCUT2D eigenvalue weighted by Crippen LogP contribution is 2.59. The van der Waals surface area contributed by atoms with Crippen LogP contribution in [-0.2, 0) is 4.79 Å². The van der Waals surface area contributed by atoms with E-state index >= 15 is 0 Å². The van der Waals surface area contributed by atoms with Gasteiger partial charge in [-0.1, -0.05) is 25.5 Å². The molecule has 0 spiro atoms. The van der Waals surface area contributed by atoms with E-state index in [1.807, 2.05) is 27.7 Å². The Hall–Kier alpha value is -0.500. The zero-order chi connectivity index (χ0) is 9.52. The van der Waals surface area contributed by atoms with E-state index in [0.29, 0.717) is 0 Å². The van der Waals surface area contributed by atoms with Gasteiger partial charge in [-0.25, -0.2) is 0 Å². The van der Waals surface area contributed by atoms with E-state index in [4.69, 9.17) is 5.11 Å². The van der Waals surface area contributed by atoms with Crippen molar-refractivity contribution in [2.45, 2.75) is 27.7 Å². The van der Waals surface area contributed by atoms with Gasteiger partial charge in [0.25, 0.3) is 0 Å². The summed E-state index contributed by atoms with van der Waals surface area (Å²) in [5, 5.41) is 8.84. The number of carbonyl (C=O) groups is 1. The first-order valence-electron chi connectivity index (χ1n) is 4.25. The van der Waals surface area contributed by atoms with Crippen molar-refractivity contribution in [3.05, 3.63) is 11.6 Å². The molecule has 76 valence electrons. The first-order chi connectivity index (χ1) is 5.37. The number of allylic oxidation sites excluding steroid dienone is 2. The average molecular weight is 205 g/mol. The Morgan fingerprint density at radius 1 is 1.38 bits per heavy atom. The number of hydrogen-bond acceptors (Lipinski definition) is 1. The summed E-state index contributed by atoms with van der Waals surface area (Å²) in [4.78, 5) is 10.7. The highest BCUT2D eigenvalue weighted by molar-refractivity contribution is 5.85. The molecule has 1 rings (SSSR count). The quantitative estimate of drug-likeness (QED) is 0.703. The van der Waals surface area contributed by atoms with Crippen LogP contribution in [0.1, 0.15) is 27.7 Å². The van der Waals surface area contributed by atoms with E-state index in [2.05, 4.69) is 6.08 Å². The minimum atomic E-state index is -0.664. The Bertz CT molecular complexity index is 239. The van der Waals surface area contributed by atoms with E-state index in [0.717, 1.165) is 0 Å². The van der Waals surface area contributed by atoms with Gasteiger partial charge in [-0.3, -0.25) is 4.79 Å². The lowest BCUT2D eigenvalue weighted by atomic mass is 10.1. The number of rotatable bonds is 2. The molecule has 1 aliphatic carbocycles. The lowest BCUT2D eigenvalue weighted by Gasteiger charge is -1.96. The number of carboxylic acid groups (broad SMARTS) is 1. The van der Waals surface area contributed by atoms with Crippen molar-refractivity contribution in [3.63, 3.8) is 0 Å². The first-order valence-corrected chi connectivity index (χ1v) is 4.25. The molecule has 1 N–H and O–H groups in total. The van der Waals surface area contributed by atoms with Gasteiger partial charge in [0, 0.05) is 0 Å². The predicted molar refractivity (Wildman–Crippen MR) is 55.1 cm³/mol. The van der Waals surface area contributed by atoms with Crippen LogP contribution in [-0.4, -0.2) is 11.1 Å². The summed E-state index contributed by atoms with van der Waals surface area (Å²) < 4.78 is 0. The van der Waals surface area contributed by atoms with Gasteiger partial charge in [-0.15, -0.1) is 12.4 Å². The Morgan fingerprint density at radius 2 is 1.85 bits per heavy atom. The Kier molecular flexibility index (Phi) is 3.56. The number of carboxylic acids is 1. The summed E-state index contributed by atoms with van der Waals surface area (Å²) in [6.07, 6.45) is 2.07. The third kappa shape index (κ3) is 2.25. The van der Waals surface area contributed by atoms with Crippen LogP contribution in [0.5, 0.6) is 0 Å². The summed E-state index contributed by atoms with van der Waals surface area (Å²) in [5.41, 5.74) is 1.17. The van der Waals surface area contributed by atoms with Gasteiger partial charge in [0.05, 0.1) is 5.92 Å². The number of aliphatic carboxylic acids is 1. The van der Waals surface area contributed by atoms with Crippen LogP contribution in [0.2, 0.25) is 0 Å². The SMILES string of the molecule is CC(C)=CC1C(C(=O)O)C1(C)C.Cl. The maximum Gasteiger partial charge on any atom is 0.307 e. The molecule has 0 aromatic carbocycles. The standard InChI is InChI=1S/C10H16O2.ClH/c1-6(2)5-7-8(9(11)12)10(7,3)4;/h5,7-8H,1-4H3,(H,11,12);1H. The van der Waals surface area contributed by atoms with Gasteiger partial charge in [0.2, 0.25) is 0 Å². The van der Waals surface area contributed by atoms with Crippen molar-refractivity contribution >= 4 is 18.4 Å². The first kappa shape index (κ1) is 12.5. The van der Waals surface area contributed by atoms with E-state index in [-0.39, 0.29) is 29.7 Å². The van der Waals surface area contributed by atoms with Crippen molar-refractivity contribution in [2.24, 2.45) is 17.3 Å². The van der Waals surface area contributed by atoms with Crippen LogP contribution in [0.25, 0.3) is 0 Å². The molecule has 0 aliphatic heterocycles. The van der Waals surface area contributed by atoms with Crippen LogP contribution >= 0.6 is 12.4 Å². The van der Waals surface area contributed by atoms with Crippen molar-refractivity contribution < 1.29 is 9.90 Å². The average Bonchev–Trinajstić information content (AvgIpc) is 2.32. The molecule has 0 amide bonds. The second kappa shape index (κ2) is 3.70. The van der Waals surface area contributed by atoms with Gasteiger partial charge in [-0.2, -0.15) is 0 Å². The highest BCUT2D eigenvalue weighted by atomic mass is 35.5. The molecule has 2 nitrogen and oxygen atoms in total. The fourth-order valence-electron chi connectivity index (χ4n) is 1.82. The minimum Gasteiger partial charge on any atom is -0.481 e. The van der Waals surface area contributed by atoms with E-state index in [1.165, 1.54) is 5.57 Å². The van der Waals surface area contributed by atoms with Crippen LogP contribution in [0.15, 0.2) is 11.6 Å². The predicted octanol–water partition coefficient (Wildman–Crippen LogP) is 2.73. The molecule has 0 bridgehead atoms. The van der Waals surface area contributed by atoms with E-state index in [9.17, 15) is 4.79 Å². The second-order valence-corrected chi connectivity index (χ2v) is 4.41. The van der Waals surface area contributed by atoms with Gasteiger partial charge in [0.1, 0.15) is 0 Å². The summed E-state index contributed by atoms with van der Waals surface area (Å²) in [7, 11) is 0. The Morgan fingerprint density at radius 3 is 2.08 bits per heavy atom. The van der Waals surface area contributed by atoms with Crippen molar-refractivity contribution in [1.29, 1.82) is 0 Å². The van der Waals surface area contributed by atoms with Gasteiger partial charge in [-0.05, 0) is 25.2 Å². The molecule has 13 heavy (non-hydrogen) atoms. The molecule has 0 saturated heterocycles. The van der Waals surface area contributed by atoms with Crippen LogP contribution in [0.3, 0.4) is 0 Å². The second-order valence-electron chi connectivity index (χ2n) is 4.41. The van der Waals surface area contributed by atoms with Crippen LogP contribution in [0, 0.1) is 17.3 Å². The summed E-state index contributed by atoms with van der Waals surface area (Å²) in [6, 6.07) is 0. The number of hydrogen-bond donors (Lipinski definition) is 1. The fourth-order valence-corrected chi connectivity index (χ4v) is 1.82. The largest absolute Gasteiger partial charge is 0.481 e. The lowest BCUT2D eigenvalue weighted by Crippen LogP contribution is -2.02. The molecular formula is C10H17ClO2. The molecule has 3 heteroatoms. The molecule has 1 fully saturated rings. The van der Waals surface area contributed by atoms with Crippen molar-refractivity contribution in [2.75, 3.05) is 0 Å². The van der Waals surface area contributed by atoms with Crippen molar-refractivity contribution in [3.8, 4) is 0 Å². The molecule has 0 aromatic heterocycles. The minimum absolute atomic E-state index is 0. The van der Waals surface area contributed by atoms with E-state index < -0.39 is 5.97 Å². The molecular weight excluding hydrogens is 188 g/mol. The monoisotopic (exact) mass is 204 g/mol. The van der Waals surface area contributed by atoms with Crippen LogP contribution in [0.4, 0.5) is 0 Å². The lowest BCUT2D eigenvalue weighted by molar-refractivity contribution is -0.139. The van der Waals surface area contributed by atoms with Gasteiger partial charge >= 0.3 is 5.97 Å². The van der Waals surface area contributed by atoms with Crippen molar-refractivity contribution in [1.82, 2.24) is 0 Å². The Labute approximate surface area is 85.4 Å². The molecule has 0 radical (unpaired) electrons. The summed E-state index contributed by atoms with van der Waals surface area (Å²) in [5.74, 6) is -0.602. The molecule has 0 heterocycles. The normalized spacial score (nSPS) is 28.6. The smallest absolute Gasteiger partial charge is 0.307 e. The molecule has 1 saturated carbocycles. The van der Waals surface area contributed by atoms with E-state index in [1.54, 1.807) is 0 Å². The zero-order valence-electron chi connectivity index (χ0n) is 8.50. The zero-order valence-corrected chi connectivity index (χ0v) is 9.31. The molecule has 0 aromatic rings. The third-order valence-corrected chi connectivity index (χ3v) is 2.69. The fraction of sp³-hybridized carbons (Fsp3) is 0.700. The molecule has 2 atom stereocenters. The van der Waals surface area contributed by atoms with Gasteiger partial charge < -0.3 is 5.11 Å². The number of halogens is 1. The summed E-state index contributed by atoms with van der Waals surface area (Å²) in [6.45, 7) is 8.03. The maximum atomic E-state index is 10.7. The Balaban J connectivity index is 0.00000144. The van der Waals surface area contributed by atoms with Crippen LogP contribution < -0.4 is 0 Å². The molecule has 1 aliphatic rings. The maximum absolute atomic E-state index is 10.7. The summed E-state index contributed by atoms with van der Waals surface area (Å²) >= 11 is 0.